The predicted octanol–water partition coefficient (Wildman–Crippen LogP) is 4.02. The Hall–Kier alpha value is -4.27. The Morgan fingerprint density at radius 3 is 2.71 bits per heavy atom. The van der Waals surface area contributed by atoms with Gasteiger partial charge in [0.05, 0.1) is 18.9 Å². The van der Waals surface area contributed by atoms with E-state index < -0.39 is 5.60 Å². The molecular weight excluding hydrogens is 486 g/mol. The van der Waals surface area contributed by atoms with Crippen LogP contribution in [0.3, 0.4) is 0 Å². The zero-order valence-corrected chi connectivity index (χ0v) is 21.0. The van der Waals surface area contributed by atoms with Crippen LogP contribution in [0, 0.1) is 0 Å². The average molecular weight is 516 g/mol. The standard InChI is InChI=1S/C29H29N3O6/c33-27(32-12-10-29(11-13-32)19-30-28(34)38-29)18-36-23-7-8-24-25(9-14-35-26(24)16-23)31-37-17-20-5-6-21-3-1-2-4-22(21)15-20/h1-8,15-16H,9-14,17-19H2,(H,30,34). The molecule has 2 saturated heterocycles. The van der Waals surface area contributed by atoms with E-state index in [9.17, 15) is 9.59 Å². The molecular formula is C29H29N3O6. The third-order valence-electron chi connectivity index (χ3n) is 7.33. The molecule has 3 aliphatic heterocycles. The zero-order chi connectivity index (χ0) is 26.0. The van der Waals surface area contributed by atoms with Gasteiger partial charge < -0.3 is 29.3 Å². The number of hydrogen-bond donors (Lipinski definition) is 1. The highest BCUT2D eigenvalue weighted by molar-refractivity contribution is 6.03. The van der Waals surface area contributed by atoms with E-state index in [0.29, 0.717) is 63.6 Å². The fourth-order valence-corrected chi connectivity index (χ4v) is 5.13. The molecule has 2 fully saturated rings. The Balaban J connectivity index is 1.03. The molecule has 3 heterocycles. The van der Waals surface area contributed by atoms with Crippen LogP contribution in [-0.4, -0.2) is 61.1 Å². The number of carbonyl (C=O) groups is 2. The van der Waals surface area contributed by atoms with Crippen LogP contribution in [-0.2, 0) is 21.0 Å². The number of benzene rings is 3. The number of nitrogens with one attached hydrogen (secondary N) is 1. The van der Waals surface area contributed by atoms with Gasteiger partial charge in [-0.3, -0.25) is 4.79 Å². The molecule has 196 valence electrons. The Labute approximate surface area is 220 Å². The lowest BCUT2D eigenvalue weighted by Gasteiger charge is -2.37. The first-order chi connectivity index (χ1) is 18.6. The minimum Gasteiger partial charge on any atom is -0.492 e. The largest absolute Gasteiger partial charge is 0.492 e. The number of oxime groups is 1. The van der Waals surface area contributed by atoms with Gasteiger partial charge in [-0.25, -0.2) is 4.79 Å². The van der Waals surface area contributed by atoms with Gasteiger partial charge in [0.1, 0.15) is 23.7 Å². The van der Waals surface area contributed by atoms with Crippen LogP contribution in [0.25, 0.3) is 10.8 Å². The van der Waals surface area contributed by atoms with Crippen LogP contribution in [0.1, 0.15) is 30.4 Å². The van der Waals surface area contributed by atoms with Crippen LogP contribution >= 0.6 is 0 Å². The first-order valence-electron chi connectivity index (χ1n) is 12.9. The Kier molecular flexibility index (Phi) is 6.49. The Morgan fingerprint density at radius 2 is 1.89 bits per heavy atom. The fourth-order valence-electron chi connectivity index (χ4n) is 5.13. The smallest absolute Gasteiger partial charge is 0.407 e. The molecule has 0 unspecified atom stereocenters. The van der Waals surface area contributed by atoms with Gasteiger partial charge in [-0.05, 0) is 34.5 Å². The molecule has 3 aromatic carbocycles. The van der Waals surface area contributed by atoms with Crippen molar-refractivity contribution in [1.29, 1.82) is 0 Å². The number of fused-ring (bicyclic) bond motifs is 2. The van der Waals surface area contributed by atoms with Crippen molar-refractivity contribution < 1.29 is 28.6 Å². The van der Waals surface area contributed by atoms with Crippen molar-refractivity contribution >= 4 is 28.5 Å². The molecule has 0 aromatic heterocycles. The first-order valence-corrected chi connectivity index (χ1v) is 12.9. The number of carbonyl (C=O) groups excluding carboxylic acids is 2. The molecule has 6 rings (SSSR count). The highest BCUT2D eigenvalue weighted by Crippen LogP contribution is 2.31. The second-order valence-electron chi connectivity index (χ2n) is 9.84. The number of rotatable bonds is 6. The average Bonchev–Trinajstić information content (AvgIpc) is 3.31. The van der Waals surface area contributed by atoms with Crippen LogP contribution < -0.4 is 14.8 Å². The summed E-state index contributed by atoms with van der Waals surface area (Å²) in [6.07, 6.45) is 1.50. The second kappa shape index (κ2) is 10.2. The van der Waals surface area contributed by atoms with Gasteiger partial charge in [-0.2, -0.15) is 0 Å². The summed E-state index contributed by atoms with van der Waals surface area (Å²) in [6, 6.07) is 20.0. The summed E-state index contributed by atoms with van der Waals surface area (Å²) >= 11 is 0. The van der Waals surface area contributed by atoms with E-state index >= 15 is 0 Å². The lowest BCUT2D eigenvalue weighted by Crippen LogP contribution is -2.49. The molecule has 38 heavy (non-hydrogen) atoms. The third kappa shape index (κ3) is 5.09. The van der Waals surface area contributed by atoms with Gasteiger partial charge in [-0.15, -0.1) is 0 Å². The van der Waals surface area contributed by atoms with E-state index in [-0.39, 0.29) is 18.6 Å². The maximum absolute atomic E-state index is 12.7. The molecule has 3 aromatic rings. The highest BCUT2D eigenvalue weighted by Gasteiger charge is 2.43. The van der Waals surface area contributed by atoms with Gasteiger partial charge in [0.15, 0.2) is 6.61 Å². The zero-order valence-electron chi connectivity index (χ0n) is 21.0. The highest BCUT2D eigenvalue weighted by atomic mass is 16.6. The van der Waals surface area contributed by atoms with Crippen LogP contribution in [0.15, 0.2) is 65.8 Å². The molecule has 9 heteroatoms. The molecule has 3 aliphatic rings. The van der Waals surface area contributed by atoms with E-state index in [4.69, 9.17) is 19.0 Å². The number of likely N-dealkylation sites (tertiary alicyclic amines) is 1. The van der Waals surface area contributed by atoms with Gasteiger partial charge in [0.25, 0.3) is 5.91 Å². The van der Waals surface area contributed by atoms with E-state index in [2.05, 4.69) is 34.7 Å². The number of piperidine rings is 1. The van der Waals surface area contributed by atoms with Crippen molar-refractivity contribution in [2.24, 2.45) is 5.16 Å². The van der Waals surface area contributed by atoms with E-state index in [1.54, 1.807) is 11.0 Å². The van der Waals surface area contributed by atoms with Crippen molar-refractivity contribution in [1.82, 2.24) is 10.2 Å². The second-order valence-corrected chi connectivity index (χ2v) is 9.84. The SMILES string of the molecule is O=C1NCC2(CCN(C(=O)COc3ccc4c(c3)OCCC4=NOCc3ccc4ccccc4c3)CC2)O1. The minimum absolute atomic E-state index is 0.0698. The summed E-state index contributed by atoms with van der Waals surface area (Å²) in [5, 5.41) is 9.47. The number of amides is 2. The quantitative estimate of drug-likeness (QED) is 0.498. The number of alkyl carbamates (subject to hydrolysis) is 1. The van der Waals surface area contributed by atoms with Gasteiger partial charge >= 0.3 is 6.09 Å². The van der Waals surface area contributed by atoms with Crippen molar-refractivity contribution in [2.45, 2.75) is 31.5 Å². The summed E-state index contributed by atoms with van der Waals surface area (Å²) in [7, 11) is 0. The Bertz CT molecular complexity index is 1400. The summed E-state index contributed by atoms with van der Waals surface area (Å²) < 4.78 is 17.0. The maximum Gasteiger partial charge on any atom is 0.407 e. The van der Waals surface area contributed by atoms with Crippen LogP contribution in [0.4, 0.5) is 4.79 Å². The predicted molar refractivity (Wildman–Crippen MR) is 140 cm³/mol. The number of hydrogen-bond acceptors (Lipinski definition) is 7. The van der Waals surface area contributed by atoms with Crippen molar-refractivity contribution in [3.05, 3.63) is 71.8 Å². The maximum atomic E-state index is 12.7. The molecule has 2 amide bonds. The molecule has 0 radical (unpaired) electrons. The van der Waals surface area contributed by atoms with E-state index in [1.807, 2.05) is 30.3 Å². The van der Waals surface area contributed by atoms with E-state index in [1.165, 1.54) is 10.8 Å². The van der Waals surface area contributed by atoms with Crippen molar-refractivity contribution in [3.8, 4) is 11.5 Å². The summed E-state index contributed by atoms with van der Waals surface area (Å²) in [6.45, 7) is 2.36. The molecule has 0 saturated carbocycles. The summed E-state index contributed by atoms with van der Waals surface area (Å²) in [4.78, 5) is 31.6. The monoisotopic (exact) mass is 515 g/mol. The lowest BCUT2D eigenvalue weighted by molar-refractivity contribution is -0.136. The van der Waals surface area contributed by atoms with Gasteiger partial charge in [0.2, 0.25) is 0 Å². The third-order valence-corrected chi connectivity index (χ3v) is 7.33. The normalized spacial score (nSPS) is 19.0. The summed E-state index contributed by atoms with van der Waals surface area (Å²) in [5.74, 6) is 1.11. The van der Waals surface area contributed by atoms with Gasteiger partial charge in [0, 0.05) is 44.0 Å². The minimum atomic E-state index is -0.483. The van der Waals surface area contributed by atoms with Crippen molar-refractivity contribution in [3.63, 3.8) is 0 Å². The van der Waals surface area contributed by atoms with E-state index in [0.717, 1.165) is 16.8 Å². The summed E-state index contributed by atoms with van der Waals surface area (Å²) in [5.41, 5.74) is 2.25. The molecule has 0 bridgehead atoms. The van der Waals surface area contributed by atoms with Crippen molar-refractivity contribution in [2.75, 3.05) is 32.8 Å². The molecule has 1 spiro atoms. The topological polar surface area (TPSA) is 98.7 Å². The molecule has 0 atom stereocenters. The lowest BCUT2D eigenvalue weighted by atomic mass is 9.91. The Morgan fingerprint density at radius 1 is 1.05 bits per heavy atom. The van der Waals surface area contributed by atoms with Gasteiger partial charge in [-0.1, -0.05) is 41.6 Å². The van der Waals surface area contributed by atoms with Crippen LogP contribution in [0.5, 0.6) is 11.5 Å². The number of ether oxygens (including phenoxy) is 3. The molecule has 0 aliphatic carbocycles. The van der Waals surface area contributed by atoms with Crippen LogP contribution in [0.2, 0.25) is 0 Å². The fraction of sp³-hybridized carbons (Fsp3) is 0.345. The molecule has 9 nitrogen and oxygen atoms in total. The first kappa shape index (κ1) is 24.1. The number of nitrogens with zero attached hydrogens (tertiary/aromatic N) is 2. The molecule has 1 N–H and O–H groups in total.